The van der Waals surface area contributed by atoms with Gasteiger partial charge in [-0.2, -0.15) is 0 Å². The molecule has 1 N–H and O–H groups in total. The summed E-state index contributed by atoms with van der Waals surface area (Å²) in [4.78, 5) is 12.6. The highest BCUT2D eigenvalue weighted by Gasteiger charge is 2.42. The molecule has 0 aromatic heterocycles. The van der Waals surface area contributed by atoms with Crippen molar-refractivity contribution in [2.24, 2.45) is 5.92 Å². The van der Waals surface area contributed by atoms with Gasteiger partial charge in [-0.1, -0.05) is 42.5 Å². The molecule has 0 saturated carbocycles. The quantitative estimate of drug-likeness (QED) is 0.924. The van der Waals surface area contributed by atoms with Crippen LogP contribution in [0.1, 0.15) is 24.8 Å². The lowest BCUT2D eigenvalue weighted by Crippen LogP contribution is -2.29. The van der Waals surface area contributed by atoms with Crippen molar-refractivity contribution < 1.29 is 4.79 Å². The highest BCUT2D eigenvalue weighted by atomic mass is 16.1. The first-order chi connectivity index (χ1) is 9.81. The first kappa shape index (κ1) is 12.1. The van der Waals surface area contributed by atoms with Crippen LogP contribution in [0.2, 0.25) is 0 Å². The number of ketones is 1. The molecule has 3 atom stereocenters. The average Bonchev–Trinajstić information content (AvgIpc) is 3.10. The SMILES string of the molecule is O=C(Cc1cccc2ccccc12)C1CC2CCC1N2. The molecule has 2 fully saturated rings. The van der Waals surface area contributed by atoms with E-state index < -0.39 is 0 Å². The van der Waals surface area contributed by atoms with Gasteiger partial charge in [0.1, 0.15) is 5.78 Å². The van der Waals surface area contributed by atoms with E-state index in [1.54, 1.807) is 0 Å². The maximum atomic E-state index is 12.6. The second-order valence-electron chi connectivity index (χ2n) is 6.17. The van der Waals surface area contributed by atoms with Crippen LogP contribution in [-0.2, 0) is 11.2 Å². The van der Waals surface area contributed by atoms with Gasteiger partial charge in [-0.3, -0.25) is 4.79 Å². The Morgan fingerprint density at radius 1 is 1.10 bits per heavy atom. The summed E-state index contributed by atoms with van der Waals surface area (Å²) in [6.07, 6.45) is 4.06. The van der Waals surface area contributed by atoms with Gasteiger partial charge < -0.3 is 5.32 Å². The van der Waals surface area contributed by atoms with Gasteiger partial charge in [0.15, 0.2) is 0 Å². The van der Waals surface area contributed by atoms with Gasteiger partial charge in [-0.05, 0) is 35.6 Å². The minimum Gasteiger partial charge on any atom is -0.310 e. The fourth-order valence-corrected chi connectivity index (χ4v) is 3.95. The first-order valence-corrected chi connectivity index (χ1v) is 7.56. The van der Waals surface area contributed by atoms with Gasteiger partial charge in [-0.15, -0.1) is 0 Å². The summed E-state index contributed by atoms with van der Waals surface area (Å²) in [5.74, 6) is 0.661. The Morgan fingerprint density at radius 2 is 1.95 bits per heavy atom. The van der Waals surface area contributed by atoms with Crippen LogP contribution < -0.4 is 5.32 Å². The molecule has 2 heterocycles. The van der Waals surface area contributed by atoms with Gasteiger partial charge in [0.05, 0.1) is 0 Å². The fourth-order valence-electron chi connectivity index (χ4n) is 3.95. The monoisotopic (exact) mass is 265 g/mol. The summed E-state index contributed by atoms with van der Waals surface area (Å²) in [5, 5.41) is 6.01. The summed E-state index contributed by atoms with van der Waals surface area (Å²) < 4.78 is 0. The lowest BCUT2D eigenvalue weighted by Gasteiger charge is -2.19. The zero-order valence-corrected chi connectivity index (χ0v) is 11.5. The van der Waals surface area contributed by atoms with Crippen molar-refractivity contribution in [2.45, 2.75) is 37.8 Å². The number of carbonyl (C=O) groups excluding carboxylic acids is 1. The smallest absolute Gasteiger partial charge is 0.141 e. The lowest BCUT2D eigenvalue weighted by molar-refractivity contribution is -0.122. The summed E-state index contributed by atoms with van der Waals surface area (Å²) >= 11 is 0. The molecule has 0 amide bonds. The summed E-state index contributed by atoms with van der Waals surface area (Å²) in [7, 11) is 0. The molecule has 4 rings (SSSR count). The molecule has 20 heavy (non-hydrogen) atoms. The number of hydrogen-bond acceptors (Lipinski definition) is 2. The highest BCUT2D eigenvalue weighted by Crippen LogP contribution is 2.34. The third kappa shape index (κ3) is 1.95. The molecule has 0 aliphatic carbocycles. The Hall–Kier alpha value is -1.67. The van der Waals surface area contributed by atoms with Crippen LogP contribution in [0.3, 0.4) is 0 Å². The Bertz CT molecular complexity index is 658. The van der Waals surface area contributed by atoms with Crippen LogP contribution in [0.15, 0.2) is 42.5 Å². The van der Waals surface area contributed by atoms with E-state index in [-0.39, 0.29) is 5.92 Å². The van der Waals surface area contributed by atoms with Gasteiger partial charge in [0.25, 0.3) is 0 Å². The Kier molecular flexibility index (Phi) is 2.85. The molecule has 2 aliphatic rings. The van der Waals surface area contributed by atoms with Crippen LogP contribution in [0.25, 0.3) is 10.8 Å². The molecule has 2 nitrogen and oxygen atoms in total. The molecule has 2 aliphatic heterocycles. The van der Waals surface area contributed by atoms with Gasteiger partial charge in [-0.25, -0.2) is 0 Å². The lowest BCUT2D eigenvalue weighted by atomic mass is 9.83. The summed E-state index contributed by atoms with van der Waals surface area (Å²) in [6.45, 7) is 0. The second kappa shape index (κ2) is 4.71. The molecule has 3 unspecified atom stereocenters. The van der Waals surface area contributed by atoms with E-state index in [2.05, 4.69) is 41.7 Å². The largest absolute Gasteiger partial charge is 0.310 e. The zero-order chi connectivity index (χ0) is 13.5. The molecule has 0 radical (unpaired) electrons. The topological polar surface area (TPSA) is 29.1 Å². The molecule has 2 saturated heterocycles. The van der Waals surface area contributed by atoms with Crippen LogP contribution in [0.5, 0.6) is 0 Å². The normalized spacial score (nSPS) is 28.1. The maximum Gasteiger partial charge on any atom is 0.141 e. The molecular formula is C18H19NO. The molecule has 2 aromatic carbocycles. The van der Waals surface area contributed by atoms with Crippen molar-refractivity contribution in [3.05, 3.63) is 48.0 Å². The van der Waals surface area contributed by atoms with E-state index in [1.807, 2.05) is 6.07 Å². The molecule has 2 heteroatoms. The Morgan fingerprint density at radius 3 is 2.75 bits per heavy atom. The van der Waals surface area contributed by atoms with Crippen LogP contribution >= 0.6 is 0 Å². The molecule has 2 bridgehead atoms. The van der Waals surface area contributed by atoms with Crippen molar-refractivity contribution in [2.75, 3.05) is 0 Å². The van der Waals surface area contributed by atoms with Crippen molar-refractivity contribution in [1.29, 1.82) is 0 Å². The second-order valence-corrected chi connectivity index (χ2v) is 6.17. The number of carbonyl (C=O) groups is 1. The van der Waals surface area contributed by atoms with E-state index in [4.69, 9.17) is 0 Å². The van der Waals surface area contributed by atoms with E-state index in [0.29, 0.717) is 24.3 Å². The number of Topliss-reactive ketones (excluding diaryl/α,β-unsaturated/α-hetero) is 1. The average molecular weight is 265 g/mol. The minimum absolute atomic E-state index is 0.243. The maximum absolute atomic E-state index is 12.6. The number of nitrogens with one attached hydrogen (secondary N) is 1. The molecule has 0 spiro atoms. The molecular weight excluding hydrogens is 246 g/mol. The number of benzene rings is 2. The van der Waals surface area contributed by atoms with Gasteiger partial charge in [0.2, 0.25) is 0 Å². The zero-order valence-electron chi connectivity index (χ0n) is 11.5. The fraction of sp³-hybridized carbons (Fsp3) is 0.389. The minimum atomic E-state index is 0.243. The Labute approximate surface area is 119 Å². The van der Waals surface area contributed by atoms with Gasteiger partial charge >= 0.3 is 0 Å². The van der Waals surface area contributed by atoms with E-state index in [0.717, 1.165) is 6.42 Å². The van der Waals surface area contributed by atoms with Gasteiger partial charge in [0, 0.05) is 24.4 Å². The summed E-state index contributed by atoms with van der Waals surface area (Å²) in [5.41, 5.74) is 1.18. The van der Waals surface area contributed by atoms with Crippen LogP contribution in [-0.4, -0.2) is 17.9 Å². The third-order valence-corrected chi connectivity index (χ3v) is 4.96. The van der Waals surface area contributed by atoms with E-state index in [9.17, 15) is 4.79 Å². The van der Waals surface area contributed by atoms with Crippen molar-refractivity contribution in [3.63, 3.8) is 0 Å². The first-order valence-electron chi connectivity index (χ1n) is 7.56. The van der Waals surface area contributed by atoms with E-state index in [1.165, 1.54) is 29.2 Å². The molecule has 102 valence electrons. The van der Waals surface area contributed by atoms with Crippen molar-refractivity contribution in [3.8, 4) is 0 Å². The predicted octanol–water partition coefficient (Wildman–Crippen LogP) is 3.09. The number of fused-ring (bicyclic) bond motifs is 3. The van der Waals surface area contributed by atoms with Crippen LogP contribution in [0.4, 0.5) is 0 Å². The van der Waals surface area contributed by atoms with Crippen molar-refractivity contribution >= 4 is 16.6 Å². The highest BCUT2D eigenvalue weighted by molar-refractivity contribution is 5.92. The third-order valence-electron chi connectivity index (χ3n) is 4.96. The summed E-state index contributed by atoms with van der Waals surface area (Å²) in [6, 6.07) is 15.7. The number of rotatable bonds is 3. The van der Waals surface area contributed by atoms with Crippen LogP contribution in [0, 0.1) is 5.92 Å². The van der Waals surface area contributed by atoms with Crippen molar-refractivity contribution in [1.82, 2.24) is 5.32 Å². The number of hydrogen-bond donors (Lipinski definition) is 1. The van der Waals surface area contributed by atoms with E-state index >= 15 is 0 Å². The predicted molar refractivity (Wildman–Crippen MR) is 80.7 cm³/mol. The standard InChI is InChI=1S/C18H19NO/c20-18(16-11-14-8-9-17(16)19-14)10-13-6-3-5-12-4-1-2-7-15(12)13/h1-7,14,16-17,19H,8-11H2. The Balaban J connectivity index is 1.60. The molecule has 2 aromatic rings.